The zero-order valence-corrected chi connectivity index (χ0v) is 9.41. The van der Waals surface area contributed by atoms with E-state index >= 15 is 0 Å². The predicted octanol–water partition coefficient (Wildman–Crippen LogP) is 3.81. The summed E-state index contributed by atoms with van der Waals surface area (Å²) in [5.41, 5.74) is 0.674. The lowest BCUT2D eigenvalue weighted by atomic mass is 10.1. The summed E-state index contributed by atoms with van der Waals surface area (Å²) in [7, 11) is 0. The molecule has 0 aliphatic rings. The largest absolute Gasteiger partial charge is 0.389 e. The average Bonchev–Trinajstić information content (AvgIpc) is 2.00. The number of aliphatic hydroxyl groups excluding tert-OH is 1. The van der Waals surface area contributed by atoms with E-state index < -0.39 is 6.10 Å². The predicted molar refractivity (Wildman–Crippen MR) is 54.8 cm³/mol. The van der Waals surface area contributed by atoms with Gasteiger partial charge in [0.05, 0.1) is 20.6 Å². The quantitative estimate of drug-likeness (QED) is 0.769. The second-order valence-electron chi connectivity index (χ2n) is 2.44. The zero-order chi connectivity index (χ0) is 9.30. The van der Waals surface area contributed by atoms with E-state index in [-0.39, 0.29) is 0 Å². The van der Waals surface area contributed by atoms with E-state index in [0.29, 0.717) is 20.1 Å². The highest BCUT2D eigenvalue weighted by atomic mass is 79.9. The zero-order valence-electron chi connectivity index (χ0n) is 6.31. The normalized spacial score (nSPS) is 13.1. The molecule has 0 saturated heterocycles. The van der Waals surface area contributed by atoms with Crippen LogP contribution in [0.1, 0.15) is 18.6 Å². The minimum Gasteiger partial charge on any atom is -0.389 e. The first-order valence-electron chi connectivity index (χ1n) is 3.35. The summed E-state index contributed by atoms with van der Waals surface area (Å²) in [6.07, 6.45) is -0.578. The second-order valence-corrected chi connectivity index (χ2v) is 4.02. The third kappa shape index (κ3) is 1.94. The van der Waals surface area contributed by atoms with Crippen LogP contribution in [0.4, 0.5) is 0 Å². The van der Waals surface area contributed by atoms with Crippen molar-refractivity contribution in [1.29, 1.82) is 0 Å². The van der Waals surface area contributed by atoms with Crippen LogP contribution < -0.4 is 0 Å². The standard InChI is InChI=1S/C8H7BrCl2O/c1-4(12)5-2-3-6(10)7(9)8(5)11/h2-4,12H,1H3. The fourth-order valence-electron chi connectivity index (χ4n) is 0.863. The summed E-state index contributed by atoms with van der Waals surface area (Å²) >= 11 is 14.9. The Kier molecular flexibility index (Phi) is 3.41. The molecule has 0 bridgehead atoms. The molecule has 1 atom stereocenters. The Labute approximate surface area is 89.4 Å². The lowest BCUT2D eigenvalue weighted by molar-refractivity contribution is 0.199. The monoisotopic (exact) mass is 268 g/mol. The van der Waals surface area contributed by atoms with Gasteiger partial charge in [-0.25, -0.2) is 0 Å². The summed E-state index contributed by atoms with van der Waals surface area (Å²) < 4.78 is 0.629. The Hall–Kier alpha value is 0.240. The van der Waals surface area contributed by atoms with Gasteiger partial charge in [-0.1, -0.05) is 29.3 Å². The number of rotatable bonds is 1. The number of halogens is 3. The van der Waals surface area contributed by atoms with Crippen LogP contribution >= 0.6 is 39.1 Å². The van der Waals surface area contributed by atoms with E-state index in [2.05, 4.69) is 15.9 Å². The Bertz CT molecular complexity index is 299. The van der Waals surface area contributed by atoms with E-state index in [0.717, 1.165) is 0 Å². The SMILES string of the molecule is CC(O)c1ccc(Cl)c(Br)c1Cl. The summed E-state index contributed by atoms with van der Waals surface area (Å²) in [6.45, 7) is 1.65. The molecule has 1 aromatic rings. The number of hydrogen-bond donors (Lipinski definition) is 1. The highest BCUT2D eigenvalue weighted by molar-refractivity contribution is 9.10. The van der Waals surface area contributed by atoms with E-state index in [1.54, 1.807) is 19.1 Å². The summed E-state index contributed by atoms with van der Waals surface area (Å²) in [5.74, 6) is 0. The highest BCUT2D eigenvalue weighted by Gasteiger charge is 2.11. The van der Waals surface area contributed by atoms with Gasteiger partial charge in [0, 0.05) is 5.56 Å². The Morgan fingerprint density at radius 2 is 2.00 bits per heavy atom. The van der Waals surface area contributed by atoms with Crippen molar-refractivity contribution in [2.75, 3.05) is 0 Å². The van der Waals surface area contributed by atoms with Crippen LogP contribution in [0.2, 0.25) is 10.0 Å². The van der Waals surface area contributed by atoms with Gasteiger partial charge in [0.2, 0.25) is 0 Å². The van der Waals surface area contributed by atoms with Crippen LogP contribution in [0, 0.1) is 0 Å². The first kappa shape index (κ1) is 10.3. The van der Waals surface area contributed by atoms with Gasteiger partial charge >= 0.3 is 0 Å². The van der Waals surface area contributed by atoms with Crippen molar-refractivity contribution in [3.05, 3.63) is 32.2 Å². The molecular formula is C8H7BrCl2O. The average molecular weight is 270 g/mol. The Morgan fingerprint density at radius 3 is 2.50 bits per heavy atom. The molecule has 66 valence electrons. The molecular weight excluding hydrogens is 263 g/mol. The summed E-state index contributed by atoms with van der Waals surface area (Å²) in [6, 6.07) is 3.40. The lowest BCUT2D eigenvalue weighted by Gasteiger charge is -2.09. The summed E-state index contributed by atoms with van der Waals surface area (Å²) in [4.78, 5) is 0. The molecule has 0 aromatic heterocycles. The summed E-state index contributed by atoms with van der Waals surface area (Å²) in [5, 5.41) is 10.3. The van der Waals surface area contributed by atoms with Gasteiger partial charge in [-0.2, -0.15) is 0 Å². The molecule has 12 heavy (non-hydrogen) atoms. The van der Waals surface area contributed by atoms with Crippen LogP contribution in [0.25, 0.3) is 0 Å². The molecule has 1 nitrogen and oxygen atoms in total. The molecule has 4 heteroatoms. The topological polar surface area (TPSA) is 20.2 Å². The van der Waals surface area contributed by atoms with Crippen LogP contribution in [0.15, 0.2) is 16.6 Å². The molecule has 0 radical (unpaired) electrons. The van der Waals surface area contributed by atoms with Crippen molar-refractivity contribution in [3.63, 3.8) is 0 Å². The molecule has 0 aliphatic heterocycles. The van der Waals surface area contributed by atoms with Crippen LogP contribution in [-0.4, -0.2) is 5.11 Å². The molecule has 1 aromatic carbocycles. The lowest BCUT2D eigenvalue weighted by Crippen LogP contribution is -1.92. The van der Waals surface area contributed by atoms with Gasteiger partial charge in [-0.15, -0.1) is 0 Å². The molecule has 0 saturated carbocycles. The smallest absolute Gasteiger partial charge is 0.0776 e. The highest BCUT2D eigenvalue weighted by Crippen LogP contribution is 2.35. The first-order chi connectivity index (χ1) is 5.54. The molecule has 0 fully saturated rings. The fraction of sp³-hybridized carbons (Fsp3) is 0.250. The number of benzene rings is 1. The van der Waals surface area contributed by atoms with Crippen molar-refractivity contribution in [2.24, 2.45) is 0 Å². The van der Waals surface area contributed by atoms with Crippen LogP contribution in [0.3, 0.4) is 0 Å². The molecule has 0 amide bonds. The van der Waals surface area contributed by atoms with Gasteiger partial charge in [-0.3, -0.25) is 0 Å². The van der Waals surface area contributed by atoms with Gasteiger partial charge in [0.15, 0.2) is 0 Å². The molecule has 0 heterocycles. The van der Waals surface area contributed by atoms with Crippen molar-refractivity contribution in [3.8, 4) is 0 Å². The maximum Gasteiger partial charge on any atom is 0.0776 e. The second kappa shape index (κ2) is 3.97. The van der Waals surface area contributed by atoms with Crippen molar-refractivity contribution in [1.82, 2.24) is 0 Å². The van der Waals surface area contributed by atoms with Crippen molar-refractivity contribution in [2.45, 2.75) is 13.0 Å². The van der Waals surface area contributed by atoms with Gasteiger partial charge in [-0.05, 0) is 28.9 Å². The third-order valence-corrected chi connectivity index (χ3v) is 3.52. The van der Waals surface area contributed by atoms with E-state index in [1.807, 2.05) is 0 Å². The van der Waals surface area contributed by atoms with E-state index in [4.69, 9.17) is 23.2 Å². The third-order valence-electron chi connectivity index (χ3n) is 1.52. The van der Waals surface area contributed by atoms with Crippen LogP contribution in [0.5, 0.6) is 0 Å². The van der Waals surface area contributed by atoms with E-state index in [1.165, 1.54) is 0 Å². The van der Waals surface area contributed by atoms with Gasteiger partial charge in [0.1, 0.15) is 0 Å². The van der Waals surface area contributed by atoms with E-state index in [9.17, 15) is 5.11 Å². The molecule has 0 spiro atoms. The molecule has 1 unspecified atom stereocenters. The van der Waals surface area contributed by atoms with Gasteiger partial charge in [0.25, 0.3) is 0 Å². The maximum atomic E-state index is 9.27. The van der Waals surface area contributed by atoms with Gasteiger partial charge < -0.3 is 5.11 Å². The minimum absolute atomic E-state index is 0.470. The van der Waals surface area contributed by atoms with Crippen molar-refractivity contribution < 1.29 is 5.11 Å². The Balaban J connectivity index is 3.27. The number of hydrogen-bond acceptors (Lipinski definition) is 1. The minimum atomic E-state index is -0.578. The maximum absolute atomic E-state index is 9.27. The molecule has 0 aliphatic carbocycles. The first-order valence-corrected chi connectivity index (χ1v) is 4.90. The fourth-order valence-corrected chi connectivity index (χ4v) is 1.75. The molecule has 1 N–H and O–H groups in total. The Morgan fingerprint density at radius 1 is 1.42 bits per heavy atom. The molecule has 1 rings (SSSR count). The van der Waals surface area contributed by atoms with Crippen LogP contribution in [-0.2, 0) is 0 Å². The number of aliphatic hydroxyl groups is 1. The van der Waals surface area contributed by atoms with Crippen molar-refractivity contribution >= 4 is 39.1 Å².